The Morgan fingerprint density at radius 2 is 1.70 bits per heavy atom. The lowest BCUT2D eigenvalue weighted by atomic mass is 10.1. The van der Waals surface area contributed by atoms with Crippen LogP contribution in [0.5, 0.6) is 0 Å². The summed E-state index contributed by atoms with van der Waals surface area (Å²) in [6.45, 7) is 2.44. The molecule has 0 unspecified atom stereocenters. The molecule has 0 aliphatic heterocycles. The molecule has 0 spiro atoms. The number of rotatable bonds is 5. The van der Waals surface area contributed by atoms with Crippen LogP contribution < -0.4 is 5.43 Å². The molecule has 0 aliphatic carbocycles. The molecular formula is C25H20ClNO3. The zero-order valence-electron chi connectivity index (χ0n) is 16.5. The van der Waals surface area contributed by atoms with E-state index < -0.39 is 0 Å². The molecule has 0 bridgehead atoms. The van der Waals surface area contributed by atoms with Crippen molar-refractivity contribution in [2.24, 2.45) is 0 Å². The number of carbonyl (C=O) groups is 1. The molecule has 4 nitrogen and oxygen atoms in total. The van der Waals surface area contributed by atoms with Crippen molar-refractivity contribution in [1.82, 2.24) is 4.90 Å². The van der Waals surface area contributed by atoms with Gasteiger partial charge in [-0.1, -0.05) is 53.6 Å². The highest BCUT2D eigenvalue weighted by Gasteiger charge is 2.19. The van der Waals surface area contributed by atoms with E-state index in [0.29, 0.717) is 33.7 Å². The van der Waals surface area contributed by atoms with E-state index in [9.17, 15) is 9.59 Å². The topological polar surface area (TPSA) is 50.5 Å². The molecule has 1 heterocycles. The van der Waals surface area contributed by atoms with E-state index in [2.05, 4.69) is 0 Å². The normalized spacial score (nSPS) is 10.9. The number of carbonyl (C=O) groups excluding carboxylic acids is 1. The van der Waals surface area contributed by atoms with Gasteiger partial charge in [0.05, 0.1) is 23.8 Å². The Bertz CT molecular complexity index is 1250. The Morgan fingerprint density at radius 3 is 2.43 bits per heavy atom. The van der Waals surface area contributed by atoms with Crippen molar-refractivity contribution in [3.63, 3.8) is 0 Å². The quantitative estimate of drug-likeness (QED) is 0.425. The molecule has 0 aliphatic rings. The van der Waals surface area contributed by atoms with Crippen molar-refractivity contribution >= 4 is 28.5 Å². The van der Waals surface area contributed by atoms with Crippen molar-refractivity contribution < 1.29 is 9.21 Å². The minimum atomic E-state index is -0.181. The molecule has 0 radical (unpaired) electrons. The van der Waals surface area contributed by atoms with Gasteiger partial charge in [-0.05, 0) is 48.9 Å². The number of benzene rings is 3. The Balaban J connectivity index is 1.71. The molecule has 4 aromatic rings. The summed E-state index contributed by atoms with van der Waals surface area (Å²) >= 11 is 5.97. The highest BCUT2D eigenvalue weighted by atomic mass is 35.5. The van der Waals surface area contributed by atoms with Crippen LogP contribution in [0.4, 0.5) is 0 Å². The summed E-state index contributed by atoms with van der Waals surface area (Å²) in [7, 11) is 0. The Kier molecular flexibility index (Phi) is 5.68. The zero-order valence-corrected chi connectivity index (χ0v) is 17.2. The Hall–Kier alpha value is -3.37. The Morgan fingerprint density at radius 1 is 0.967 bits per heavy atom. The van der Waals surface area contributed by atoms with Gasteiger partial charge in [0.1, 0.15) is 5.58 Å². The second-order valence-electron chi connectivity index (χ2n) is 7.24. The van der Waals surface area contributed by atoms with Crippen LogP contribution in [0.2, 0.25) is 5.02 Å². The van der Waals surface area contributed by atoms with Crippen LogP contribution in [-0.4, -0.2) is 10.8 Å². The van der Waals surface area contributed by atoms with Gasteiger partial charge in [0.2, 0.25) is 0 Å². The number of hydrogen-bond acceptors (Lipinski definition) is 3. The number of aryl methyl sites for hydroxylation is 1. The first-order chi connectivity index (χ1) is 14.5. The lowest BCUT2D eigenvalue weighted by molar-refractivity contribution is 0.0729. The van der Waals surface area contributed by atoms with E-state index in [4.69, 9.17) is 16.0 Å². The predicted octanol–water partition coefficient (Wildman–Crippen LogP) is 5.60. The van der Waals surface area contributed by atoms with Gasteiger partial charge in [-0.2, -0.15) is 0 Å². The van der Waals surface area contributed by atoms with E-state index in [1.54, 1.807) is 35.2 Å². The van der Waals surface area contributed by atoms with Gasteiger partial charge in [-0.3, -0.25) is 9.59 Å². The second-order valence-corrected chi connectivity index (χ2v) is 7.68. The van der Waals surface area contributed by atoms with Crippen molar-refractivity contribution in [3.8, 4) is 0 Å². The largest absolute Gasteiger partial charge is 0.464 e. The molecule has 4 rings (SSSR count). The van der Waals surface area contributed by atoms with Crippen LogP contribution in [-0.2, 0) is 13.1 Å². The van der Waals surface area contributed by atoms with Crippen LogP contribution in [0.15, 0.2) is 88.3 Å². The molecule has 1 aromatic heterocycles. The first kappa shape index (κ1) is 19.9. The third kappa shape index (κ3) is 4.29. The summed E-state index contributed by atoms with van der Waals surface area (Å²) in [6.07, 6.45) is 1.45. The molecule has 30 heavy (non-hydrogen) atoms. The van der Waals surface area contributed by atoms with Crippen LogP contribution in [0.25, 0.3) is 11.0 Å². The van der Waals surface area contributed by atoms with Gasteiger partial charge in [-0.25, -0.2) is 0 Å². The summed E-state index contributed by atoms with van der Waals surface area (Å²) in [6, 6.07) is 21.9. The van der Waals surface area contributed by atoms with Gasteiger partial charge >= 0.3 is 0 Å². The first-order valence-electron chi connectivity index (χ1n) is 9.61. The molecule has 0 N–H and O–H groups in total. The molecule has 0 saturated heterocycles. The fourth-order valence-corrected chi connectivity index (χ4v) is 3.50. The van der Waals surface area contributed by atoms with Gasteiger partial charge in [0.25, 0.3) is 5.91 Å². The maximum Gasteiger partial charge on any atom is 0.254 e. The SMILES string of the molecule is Cc1ccc2occ(CN(Cc3ccccc3)C(=O)c3ccc(Cl)cc3)c(=O)c2c1. The summed E-state index contributed by atoms with van der Waals surface area (Å²) in [5.41, 5.74) is 3.31. The fourth-order valence-electron chi connectivity index (χ4n) is 3.38. The molecule has 5 heteroatoms. The van der Waals surface area contributed by atoms with E-state index in [0.717, 1.165) is 11.1 Å². The van der Waals surface area contributed by atoms with Gasteiger partial charge in [0.15, 0.2) is 5.43 Å². The maximum atomic E-state index is 13.2. The Labute approximate surface area is 179 Å². The van der Waals surface area contributed by atoms with E-state index in [1.807, 2.05) is 49.4 Å². The van der Waals surface area contributed by atoms with Gasteiger partial charge in [-0.15, -0.1) is 0 Å². The van der Waals surface area contributed by atoms with E-state index in [-0.39, 0.29) is 17.9 Å². The third-order valence-corrected chi connectivity index (χ3v) is 5.21. The monoisotopic (exact) mass is 417 g/mol. The third-order valence-electron chi connectivity index (χ3n) is 4.96. The lowest BCUT2D eigenvalue weighted by Gasteiger charge is -2.23. The van der Waals surface area contributed by atoms with Gasteiger partial charge < -0.3 is 9.32 Å². The van der Waals surface area contributed by atoms with Crippen LogP contribution in [0.1, 0.15) is 27.0 Å². The van der Waals surface area contributed by atoms with Crippen molar-refractivity contribution in [3.05, 3.63) is 117 Å². The van der Waals surface area contributed by atoms with Crippen molar-refractivity contribution in [2.45, 2.75) is 20.0 Å². The maximum absolute atomic E-state index is 13.2. The number of amides is 1. The number of hydrogen-bond donors (Lipinski definition) is 0. The molecule has 3 aromatic carbocycles. The summed E-state index contributed by atoms with van der Waals surface area (Å²) in [5, 5.41) is 1.08. The number of halogens is 1. The summed E-state index contributed by atoms with van der Waals surface area (Å²) in [5.74, 6) is -0.181. The summed E-state index contributed by atoms with van der Waals surface area (Å²) < 4.78 is 5.68. The molecule has 0 saturated carbocycles. The predicted molar refractivity (Wildman–Crippen MR) is 119 cm³/mol. The van der Waals surface area contributed by atoms with Gasteiger partial charge in [0, 0.05) is 17.1 Å². The smallest absolute Gasteiger partial charge is 0.254 e. The summed E-state index contributed by atoms with van der Waals surface area (Å²) in [4.78, 5) is 27.9. The molecule has 1 amide bonds. The van der Waals surface area contributed by atoms with Crippen molar-refractivity contribution in [2.75, 3.05) is 0 Å². The highest BCUT2D eigenvalue weighted by molar-refractivity contribution is 6.30. The van der Waals surface area contributed by atoms with Crippen LogP contribution >= 0.6 is 11.6 Å². The molecule has 0 fully saturated rings. The second kappa shape index (κ2) is 8.56. The zero-order chi connectivity index (χ0) is 21.1. The minimum Gasteiger partial charge on any atom is -0.464 e. The average molecular weight is 418 g/mol. The number of fused-ring (bicyclic) bond motifs is 1. The fraction of sp³-hybridized carbons (Fsp3) is 0.120. The van der Waals surface area contributed by atoms with Crippen LogP contribution in [0.3, 0.4) is 0 Å². The molecular weight excluding hydrogens is 398 g/mol. The van der Waals surface area contributed by atoms with Crippen molar-refractivity contribution in [1.29, 1.82) is 0 Å². The lowest BCUT2D eigenvalue weighted by Crippen LogP contribution is -2.32. The standard InChI is InChI=1S/C25H20ClNO3/c1-17-7-12-23-22(13-17)24(28)20(16-30-23)15-27(14-18-5-3-2-4-6-18)25(29)19-8-10-21(26)11-9-19/h2-13,16H,14-15H2,1H3. The highest BCUT2D eigenvalue weighted by Crippen LogP contribution is 2.18. The van der Waals surface area contributed by atoms with E-state index >= 15 is 0 Å². The van der Waals surface area contributed by atoms with Crippen LogP contribution in [0, 0.1) is 6.92 Å². The van der Waals surface area contributed by atoms with E-state index in [1.165, 1.54) is 6.26 Å². The first-order valence-corrected chi connectivity index (χ1v) is 9.99. The minimum absolute atomic E-state index is 0.123. The molecule has 0 atom stereocenters. The number of nitrogens with zero attached hydrogens (tertiary/aromatic N) is 1. The average Bonchev–Trinajstić information content (AvgIpc) is 2.76. The molecule has 150 valence electrons.